The van der Waals surface area contributed by atoms with Crippen molar-refractivity contribution in [3.8, 4) is 0 Å². The number of hydrogen-bond donors (Lipinski definition) is 1. The van der Waals surface area contributed by atoms with E-state index < -0.39 is 5.56 Å². The van der Waals surface area contributed by atoms with E-state index in [2.05, 4.69) is 10.3 Å². The molecule has 4 rings (SSSR count). The molecular weight excluding hydrogens is 428 g/mol. The zero-order valence-electron chi connectivity index (χ0n) is 19.4. The number of carbonyl (C=O) groups excluding carboxylic acids is 2. The van der Waals surface area contributed by atoms with E-state index in [1.54, 1.807) is 24.3 Å². The van der Waals surface area contributed by atoms with E-state index in [-0.39, 0.29) is 30.7 Å². The van der Waals surface area contributed by atoms with Gasteiger partial charge in [-0.15, -0.1) is 0 Å². The van der Waals surface area contributed by atoms with Crippen LogP contribution in [0.4, 0.5) is 11.5 Å². The Labute approximate surface area is 197 Å². The van der Waals surface area contributed by atoms with Gasteiger partial charge in [-0.1, -0.05) is 60.2 Å². The molecule has 1 aromatic heterocycles. The second kappa shape index (κ2) is 9.70. The van der Waals surface area contributed by atoms with Crippen molar-refractivity contribution in [2.24, 2.45) is 0 Å². The van der Waals surface area contributed by atoms with Gasteiger partial charge in [0.2, 0.25) is 17.6 Å². The van der Waals surface area contributed by atoms with Crippen LogP contribution < -0.4 is 15.8 Å². The Kier molecular flexibility index (Phi) is 6.54. The van der Waals surface area contributed by atoms with Crippen LogP contribution in [0.15, 0.2) is 77.6 Å². The van der Waals surface area contributed by atoms with Crippen LogP contribution in [0.25, 0.3) is 11.0 Å². The number of carbonyl (C=O) groups is 2. The van der Waals surface area contributed by atoms with Gasteiger partial charge >= 0.3 is 0 Å². The van der Waals surface area contributed by atoms with Crippen molar-refractivity contribution in [2.45, 2.75) is 33.9 Å². The first-order chi connectivity index (χ1) is 16.3. The Morgan fingerprint density at radius 2 is 1.62 bits per heavy atom. The lowest BCUT2D eigenvalue weighted by molar-refractivity contribution is -0.117. The highest BCUT2D eigenvalue weighted by molar-refractivity contribution is 5.93. The summed E-state index contributed by atoms with van der Waals surface area (Å²) in [7, 11) is 0. The minimum atomic E-state index is -0.499. The third kappa shape index (κ3) is 4.88. The van der Waals surface area contributed by atoms with Crippen LogP contribution in [-0.4, -0.2) is 21.4 Å². The number of nitrogens with zero attached hydrogens (tertiary/aromatic N) is 3. The minimum absolute atomic E-state index is 0.00420. The molecule has 0 aliphatic heterocycles. The van der Waals surface area contributed by atoms with Crippen molar-refractivity contribution in [1.29, 1.82) is 0 Å². The first-order valence-corrected chi connectivity index (χ1v) is 11.0. The molecule has 0 atom stereocenters. The highest BCUT2D eigenvalue weighted by atomic mass is 16.2. The molecule has 3 aromatic carbocycles. The number of nitrogens with one attached hydrogen (secondary N) is 1. The molecule has 172 valence electrons. The first kappa shape index (κ1) is 22.9. The lowest BCUT2D eigenvalue weighted by atomic mass is 10.1. The summed E-state index contributed by atoms with van der Waals surface area (Å²) in [6.07, 6.45) is 0. The Morgan fingerprint density at radius 3 is 2.32 bits per heavy atom. The summed E-state index contributed by atoms with van der Waals surface area (Å²) in [5, 5.41) is 2.87. The monoisotopic (exact) mass is 454 g/mol. The van der Waals surface area contributed by atoms with E-state index in [4.69, 9.17) is 0 Å². The summed E-state index contributed by atoms with van der Waals surface area (Å²) in [6, 6.07) is 22.3. The predicted octanol–water partition coefficient (Wildman–Crippen LogP) is 4.21. The second-order valence-corrected chi connectivity index (χ2v) is 8.27. The number of amides is 2. The summed E-state index contributed by atoms with van der Waals surface area (Å²) in [5.74, 6) is -0.654. The van der Waals surface area contributed by atoms with Gasteiger partial charge in [-0.25, -0.2) is 4.98 Å². The predicted molar refractivity (Wildman–Crippen MR) is 134 cm³/mol. The number of benzene rings is 3. The molecule has 7 heteroatoms. The maximum Gasteiger partial charge on any atom is 0.294 e. The van der Waals surface area contributed by atoms with Gasteiger partial charge in [0.05, 0.1) is 17.6 Å². The van der Waals surface area contributed by atoms with E-state index in [0.29, 0.717) is 16.7 Å². The van der Waals surface area contributed by atoms with Crippen molar-refractivity contribution < 1.29 is 9.59 Å². The molecule has 0 bridgehead atoms. The molecular formula is C27H26N4O3. The van der Waals surface area contributed by atoms with Crippen LogP contribution in [0.1, 0.15) is 23.6 Å². The smallest absolute Gasteiger partial charge is 0.294 e. The zero-order valence-corrected chi connectivity index (χ0v) is 19.4. The number of anilines is 2. The highest BCUT2D eigenvalue weighted by Gasteiger charge is 2.22. The van der Waals surface area contributed by atoms with Crippen LogP contribution in [0.5, 0.6) is 0 Å². The van der Waals surface area contributed by atoms with Crippen molar-refractivity contribution >= 4 is 34.4 Å². The van der Waals surface area contributed by atoms with Gasteiger partial charge in [0.15, 0.2) is 0 Å². The fourth-order valence-corrected chi connectivity index (χ4v) is 3.77. The Balaban J connectivity index is 1.74. The van der Waals surface area contributed by atoms with Crippen LogP contribution in [0, 0.1) is 13.8 Å². The molecule has 0 radical (unpaired) electrons. The van der Waals surface area contributed by atoms with E-state index in [9.17, 15) is 14.4 Å². The fourth-order valence-electron chi connectivity index (χ4n) is 3.77. The number of para-hydroxylation sites is 3. The third-order valence-corrected chi connectivity index (χ3v) is 5.65. The molecule has 0 spiro atoms. The average molecular weight is 455 g/mol. The summed E-state index contributed by atoms with van der Waals surface area (Å²) >= 11 is 0. The van der Waals surface area contributed by atoms with E-state index in [1.807, 2.05) is 62.4 Å². The maximum absolute atomic E-state index is 13.6. The highest BCUT2D eigenvalue weighted by Crippen LogP contribution is 2.18. The van der Waals surface area contributed by atoms with Gasteiger partial charge in [0, 0.05) is 12.6 Å². The second-order valence-electron chi connectivity index (χ2n) is 8.27. The Morgan fingerprint density at radius 1 is 0.941 bits per heavy atom. The van der Waals surface area contributed by atoms with Crippen LogP contribution in [-0.2, 0) is 22.7 Å². The maximum atomic E-state index is 13.6. The normalized spacial score (nSPS) is 10.8. The lowest BCUT2D eigenvalue weighted by Crippen LogP contribution is -2.38. The molecule has 1 heterocycles. The van der Waals surface area contributed by atoms with Crippen molar-refractivity contribution in [3.63, 3.8) is 0 Å². The van der Waals surface area contributed by atoms with Crippen molar-refractivity contribution in [2.75, 3.05) is 10.2 Å². The number of rotatable bonds is 6. The molecule has 0 saturated carbocycles. The number of hydrogen-bond acceptors (Lipinski definition) is 4. The standard InChI is InChI=1S/C27H26N4O3/c1-18-12-14-21(15-13-18)16-30(20(3)32)26-27(34)31(24-11-7-6-10-23(24)29-26)17-25(33)28-22-9-5-4-8-19(22)2/h4-15H,16-17H2,1-3H3,(H,28,33). The number of aryl methyl sites for hydroxylation is 2. The van der Waals surface area contributed by atoms with Crippen molar-refractivity contribution in [1.82, 2.24) is 9.55 Å². The van der Waals surface area contributed by atoms with Crippen LogP contribution >= 0.6 is 0 Å². The van der Waals surface area contributed by atoms with Gasteiger partial charge in [-0.05, 0) is 43.2 Å². The Bertz CT molecular complexity index is 1420. The molecule has 1 N–H and O–H groups in total. The topological polar surface area (TPSA) is 84.3 Å². The molecule has 0 saturated heterocycles. The van der Waals surface area contributed by atoms with E-state index in [0.717, 1.165) is 16.7 Å². The SMILES string of the molecule is CC(=O)N(Cc1ccc(C)cc1)c1nc2ccccc2n(CC(=O)Nc2ccccc2C)c1=O. The molecule has 0 aliphatic carbocycles. The fraction of sp³-hybridized carbons (Fsp3) is 0.185. The van der Waals surface area contributed by atoms with Gasteiger partial charge in [-0.3, -0.25) is 23.9 Å². The van der Waals surface area contributed by atoms with E-state index in [1.165, 1.54) is 16.4 Å². The minimum Gasteiger partial charge on any atom is -0.324 e. The summed E-state index contributed by atoms with van der Waals surface area (Å²) in [4.78, 5) is 44.9. The van der Waals surface area contributed by atoms with Gasteiger partial charge in [0.1, 0.15) is 6.54 Å². The molecule has 2 amide bonds. The number of fused-ring (bicyclic) bond motifs is 1. The molecule has 7 nitrogen and oxygen atoms in total. The quantitative estimate of drug-likeness (QED) is 0.473. The van der Waals surface area contributed by atoms with Gasteiger partial charge in [0.25, 0.3) is 5.56 Å². The molecule has 0 aliphatic rings. The van der Waals surface area contributed by atoms with E-state index >= 15 is 0 Å². The molecule has 34 heavy (non-hydrogen) atoms. The van der Waals surface area contributed by atoms with Crippen LogP contribution in [0.2, 0.25) is 0 Å². The summed E-state index contributed by atoms with van der Waals surface area (Å²) < 4.78 is 1.37. The molecule has 0 unspecified atom stereocenters. The van der Waals surface area contributed by atoms with Crippen LogP contribution in [0.3, 0.4) is 0 Å². The average Bonchev–Trinajstić information content (AvgIpc) is 2.82. The molecule has 4 aromatic rings. The summed E-state index contributed by atoms with van der Waals surface area (Å²) in [6.45, 7) is 5.28. The van der Waals surface area contributed by atoms with Crippen molar-refractivity contribution in [3.05, 3.63) is 99.8 Å². The largest absolute Gasteiger partial charge is 0.324 e. The summed E-state index contributed by atoms with van der Waals surface area (Å²) in [5.41, 5.74) is 4.13. The third-order valence-electron chi connectivity index (χ3n) is 5.65. The lowest BCUT2D eigenvalue weighted by Gasteiger charge is -2.22. The Hall–Kier alpha value is -4.26. The first-order valence-electron chi connectivity index (χ1n) is 11.0. The van der Waals surface area contributed by atoms with Gasteiger partial charge < -0.3 is 5.32 Å². The zero-order chi connectivity index (χ0) is 24.2. The van der Waals surface area contributed by atoms with Gasteiger partial charge in [-0.2, -0.15) is 0 Å². The molecule has 0 fully saturated rings. The number of aromatic nitrogens is 2.